The summed E-state index contributed by atoms with van der Waals surface area (Å²) in [6.45, 7) is 3.80. The first-order valence-electron chi connectivity index (χ1n) is 11.5. The van der Waals surface area contributed by atoms with Crippen molar-refractivity contribution in [3.63, 3.8) is 0 Å². The van der Waals surface area contributed by atoms with E-state index in [0.717, 1.165) is 16.0 Å². The van der Waals surface area contributed by atoms with Crippen molar-refractivity contribution in [1.82, 2.24) is 4.90 Å². The fourth-order valence-corrected chi connectivity index (χ4v) is 3.93. The number of nitriles is 1. The first kappa shape index (κ1) is 24.4. The van der Waals surface area contributed by atoms with Gasteiger partial charge in [-0.2, -0.15) is 5.26 Å². The lowest BCUT2D eigenvalue weighted by Gasteiger charge is -2.27. The first-order valence-corrected chi connectivity index (χ1v) is 11.5. The second-order valence-electron chi connectivity index (χ2n) is 8.17. The molecule has 0 saturated heterocycles. The Morgan fingerprint density at radius 1 is 1.03 bits per heavy atom. The lowest BCUT2D eigenvalue weighted by molar-refractivity contribution is -0.140. The van der Waals surface area contributed by atoms with Gasteiger partial charge in [0.15, 0.2) is 0 Å². The largest absolute Gasteiger partial charge is 0.462 e. The molecule has 1 aromatic heterocycles. The molecule has 2 amide bonds. The van der Waals surface area contributed by atoms with Gasteiger partial charge in [0, 0.05) is 17.7 Å². The normalized spacial score (nSPS) is 14.8. The van der Waals surface area contributed by atoms with Gasteiger partial charge in [0.1, 0.15) is 23.2 Å². The van der Waals surface area contributed by atoms with Crippen LogP contribution < -0.4 is 0 Å². The molecule has 0 spiro atoms. The number of hydrogen-bond acceptors (Lipinski definition) is 6. The van der Waals surface area contributed by atoms with Crippen LogP contribution in [0.5, 0.6) is 0 Å². The molecule has 1 aliphatic heterocycles. The quantitative estimate of drug-likeness (QED) is 0.269. The van der Waals surface area contributed by atoms with Gasteiger partial charge in [-0.15, -0.1) is 0 Å². The maximum absolute atomic E-state index is 13.3. The molecule has 180 valence electrons. The van der Waals surface area contributed by atoms with Crippen LogP contribution in [0.2, 0.25) is 0 Å². The molecule has 0 unspecified atom stereocenters. The van der Waals surface area contributed by atoms with Crippen LogP contribution in [0.25, 0.3) is 17.4 Å². The Kier molecular flexibility index (Phi) is 7.26. The number of esters is 1. The summed E-state index contributed by atoms with van der Waals surface area (Å²) in [7, 11) is 0. The first-order chi connectivity index (χ1) is 17.4. The molecular formula is C29H24N2O5. The van der Waals surface area contributed by atoms with E-state index in [1.807, 2.05) is 36.4 Å². The Labute approximate surface area is 208 Å². The van der Waals surface area contributed by atoms with Gasteiger partial charge >= 0.3 is 5.97 Å². The van der Waals surface area contributed by atoms with Crippen LogP contribution in [-0.2, 0) is 20.7 Å². The number of hydrogen-bond donors (Lipinski definition) is 0. The van der Waals surface area contributed by atoms with E-state index < -0.39 is 17.8 Å². The maximum Gasteiger partial charge on any atom is 0.338 e. The molecular weight excluding hydrogens is 456 g/mol. The summed E-state index contributed by atoms with van der Waals surface area (Å²) in [6, 6.07) is 21.7. The van der Waals surface area contributed by atoms with Crippen LogP contribution in [0.1, 0.15) is 35.5 Å². The Balaban J connectivity index is 1.59. The van der Waals surface area contributed by atoms with E-state index >= 15 is 0 Å². The monoisotopic (exact) mass is 480 g/mol. The molecule has 0 radical (unpaired) electrons. The van der Waals surface area contributed by atoms with Crippen molar-refractivity contribution in [2.75, 3.05) is 13.2 Å². The molecule has 2 heterocycles. The van der Waals surface area contributed by atoms with Crippen molar-refractivity contribution in [1.29, 1.82) is 5.26 Å². The Bertz CT molecular complexity index is 1410. The number of imide groups is 1. The molecule has 1 aliphatic rings. The molecule has 36 heavy (non-hydrogen) atoms. The van der Waals surface area contributed by atoms with Crippen molar-refractivity contribution in [3.8, 4) is 17.4 Å². The molecule has 7 heteroatoms. The molecule has 0 fully saturated rings. The third kappa shape index (κ3) is 5.03. The zero-order chi connectivity index (χ0) is 25.7. The van der Waals surface area contributed by atoms with E-state index in [1.165, 1.54) is 0 Å². The molecule has 0 N–H and O–H groups in total. The van der Waals surface area contributed by atoms with E-state index in [-0.39, 0.29) is 17.7 Å². The Hall–Kier alpha value is -4.70. The summed E-state index contributed by atoms with van der Waals surface area (Å²) in [4.78, 5) is 39.1. The lowest BCUT2D eigenvalue weighted by Crippen LogP contribution is -2.43. The van der Waals surface area contributed by atoms with Crippen molar-refractivity contribution >= 4 is 23.9 Å². The van der Waals surface area contributed by atoms with E-state index in [4.69, 9.17) is 9.15 Å². The highest BCUT2D eigenvalue weighted by Gasteiger charge is 2.35. The van der Waals surface area contributed by atoms with E-state index in [9.17, 15) is 19.6 Å². The van der Waals surface area contributed by atoms with Crippen molar-refractivity contribution in [2.45, 2.75) is 20.3 Å². The molecule has 7 nitrogen and oxygen atoms in total. The molecule has 4 rings (SSSR count). The summed E-state index contributed by atoms with van der Waals surface area (Å²) in [5.74, 6) is -0.512. The third-order valence-electron chi connectivity index (χ3n) is 5.89. The van der Waals surface area contributed by atoms with Crippen LogP contribution in [0.3, 0.4) is 0 Å². The fourth-order valence-electron chi connectivity index (χ4n) is 3.93. The van der Waals surface area contributed by atoms with Gasteiger partial charge < -0.3 is 9.15 Å². The highest BCUT2D eigenvalue weighted by Crippen LogP contribution is 2.29. The molecule has 0 aliphatic carbocycles. The zero-order valence-electron chi connectivity index (χ0n) is 20.0. The zero-order valence-corrected chi connectivity index (χ0v) is 20.0. The van der Waals surface area contributed by atoms with Crippen molar-refractivity contribution in [2.24, 2.45) is 0 Å². The average molecular weight is 481 g/mol. The summed E-state index contributed by atoms with van der Waals surface area (Å²) < 4.78 is 10.9. The molecule has 3 aromatic rings. The number of benzene rings is 2. The number of amides is 2. The third-order valence-corrected chi connectivity index (χ3v) is 5.89. The number of rotatable bonds is 7. The van der Waals surface area contributed by atoms with Gasteiger partial charge in [-0.05, 0) is 61.7 Å². The van der Waals surface area contributed by atoms with Crippen molar-refractivity contribution < 1.29 is 23.5 Å². The predicted molar refractivity (Wildman–Crippen MR) is 133 cm³/mol. The van der Waals surface area contributed by atoms with Gasteiger partial charge in [0.2, 0.25) is 0 Å². The fraction of sp³-hybridized carbons (Fsp3) is 0.172. The van der Waals surface area contributed by atoms with Crippen LogP contribution in [0.4, 0.5) is 0 Å². The average Bonchev–Trinajstić information content (AvgIpc) is 3.36. The highest BCUT2D eigenvalue weighted by molar-refractivity contribution is 6.19. The maximum atomic E-state index is 13.3. The minimum Gasteiger partial charge on any atom is -0.462 e. The second kappa shape index (κ2) is 10.7. The topological polar surface area (TPSA) is 101 Å². The Morgan fingerprint density at radius 3 is 2.42 bits per heavy atom. The number of carbonyl (C=O) groups is 3. The number of carbonyl (C=O) groups excluding carboxylic acids is 3. The van der Waals surface area contributed by atoms with Crippen molar-refractivity contribution in [3.05, 3.63) is 100 Å². The van der Waals surface area contributed by atoms with Crippen LogP contribution >= 0.6 is 0 Å². The summed E-state index contributed by atoms with van der Waals surface area (Å²) in [5, 5.41) is 9.60. The number of nitrogens with zero attached hydrogens (tertiary/aromatic N) is 2. The van der Waals surface area contributed by atoms with Crippen LogP contribution in [0.15, 0.2) is 87.9 Å². The molecule has 0 atom stereocenters. The van der Waals surface area contributed by atoms with Gasteiger partial charge in [0.05, 0.1) is 12.2 Å². The highest BCUT2D eigenvalue weighted by atomic mass is 16.5. The van der Waals surface area contributed by atoms with Crippen LogP contribution in [0, 0.1) is 11.3 Å². The van der Waals surface area contributed by atoms with E-state index in [2.05, 4.69) is 0 Å². The number of ether oxygens (including phenoxy) is 1. The Morgan fingerprint density at radius 2 is 1.75 bits per heavy atom. The van der Waals surface area contributed by atoms with E-state index in [1.54, 1.807) is 56.3 Å². The van der Waals surface area contributed by atoms with Gasteiger partial charge in [0.25, 0.3) is 11.8 Å². The lowest BCUT2D eigenvalue weighted by atomic mass is 9.94. The number of furan rings is 1. The predicted octanol–water partition coefficient (Wildman–Crippen LogP) is 4.96. The molecule has 0 bridgehead atoms. The minimum atomic E-state index is -0.588. The summed E-state index contributed by atoms with van der Waals surface area (Å²) in [6.07, 6.45) is 2.03. The second-order valence-corrected chi connectivity index (χ2v) is 8.17. The summed E-state index contributed by atoms with van der Waals surface area (Å²) in [5.41, 5.74) is 2.66. The molecule has 2 aromatic carbocycles. The van der Waals surface area contributed by atoms with Gasteiger partial charge in [-0.25, -0.2) is 4.79 Å². The summed E-state index contributed by atoms with van der Waals surface area (Å²) >= 11 is 0. The van der Waals surface area contributed by atoms with Gasteiger partial charge in [-0.1, -0.05) is 42.5 Å². The van der Waals surface area contributed by atoms with Crippen LogP contribution in [-0.4, -0.2) is 35.8 Å². The minimum absolute atomic E-state index is 0.0600. The smallest absolute Gasteiger partial charge is 0.338 e. The standard InChI is InChI=1S/C29H24N2O5/c1-3-35-29(34)22-11-9-21(10-12-22)26-14-13-23(36-26)17-24-19(2)25(18-30)28(33)31(27(24)32)16-15-20-7-5-4-6-8-20/h4-14,17H,3,15-16H2,1-2H3/b24-17-. The molecule has 0 saturated carbocycles. The van der Waals surface area contributed by atoms with E-state index in [0.29, 0.717) is 35.7 Å². The van der Waals surface area contributed by atoms with Gasteiger partial charge in [-0.3, -0.25) is 14.5 Å². The SMILES string of the molecule is CCOC(=O)c1ccc(-c2ccc(/C=C3\C(=O)N(CCc4ccccc4)C(=O)C(C#N)=C3C)o2)cc1.